The molecular weight excluding hydrogens is 323 g/mol. The van der Waals surface area contributed by atoms with Crippen LogP contribution in [0.2, 0.25) is 0 Å². The SMILES string of the molecule is FC1CC(Oc2nc3c(s2)CCN(CCC2CCCCC2)CC3)C1. The van der Waals surface area contributed by atoms with Gasteiger partial charge in [-0.3, -0.25) is 0 Å². The lowest BCUT2D eigenvalue weighted by Crippen LogP contribution is -2.34. The van der Waals surface area contributed by atoms with Gasteiger partial charge in [-0.2, -0.15) is 0 Å². The summed E-state index contributed by atoms with van der Waals surface area (Å²) in [6.07, 6.45) is 11.2. The molecule has 1 aliphatic heterocycles. The van der Waals surface area contributed by atoms with E-state index in [4.69, 9.17) is 4.74 Å². The van der Waals surface area contributed by atoms with E-state index in [0.29, 0.717) is 12.8 Å². The van der Waals surface area contributed by atoms with Gasteiger partial charge in [0.1, 0.15) is 12.3 Å². The fourth-order valence-corrected chi connectivity index (χ4v) is 5.25. The van der Waals surface area contributed by atoms with Crippen molar-refractivity contribution in [2.24, 2.45) is 5.92 Å². The minimum atomic E-state index is -0.662. The first kappa shape index (κ1) is 16.8. The normalized spacial score (nSPS) is 28.9. The fourth-order valence-electron chi connectivity index (χ4n) is 4.24. The number of rotatable bonds is 5. The lowest BCUT2D eigenvalue weighted by molar-refractivity contribution is 0.0407. The summed E-state index contributed by atoms with van der Waals surface area (Å²) >= 11 is 1.69. The van der Waals surface area contributed by atoms with Gasteiger partial charge >= 0.3 is 0 Å². The summed E-state index contributed by atoms with van der Waals surface area (Å²) < 4.78 is 18.7. The van der Waals surface area contributed by atoms with Gasteiger partial charge in [0.2, 0.25) is 0 Å². The summed E-state index contributed by atoms with van der Waals surface area (Å²) in [6, 6.07) is 0. The van der Waals surface area contributed by atoms with Gasteiger partial charge in [0.05, 0.1) is 5.69 Å². The van der Waals surface area contributed by atoms with Gasteiger partial charge in [-0.25, -0.2) is 9.37 Å². The van der Waals surface area contributed by atoms with E-state index < -0.39 is 6.17 Å². The average molecular weight is 353 g/mol. The van der Waals surface area contributed by atoms with Crippen molar-refractivity contribution in [3.05, 3.63) is 10.6 Å². The smallest absolute Gasteiger partial charge is 0.273 e. The van der Waals surface area contributed by atoms with E-state index in [1.807, 2.05) is 0 Å². The predicted octanol–water partition coefficient (Wildman–Crippen LogP) is 4.39. The summed E-state index contributed by atoms with van der Waals surface area (Å²) in [4.78, 5) is 8.71. The molecule has 0 radical (unpaired) electrons. The van der Waals surface area contributed by atoms with E-state index in [0.717, 1.165) is 37.0 Å². The lowest BCUT2D eigenvalue weighted by atomic mass is 9.87. The molecule has 0 spiro atoms. The van der Waals surface area contributed by atoms with E-state index in [2.05, 4.69) is 9.88 Å². The molecule has 0 bridgehead atoms. The minimum Gasteiger partial charge on any atom is -0.466 e. The van der Waals surface area contributed by atoms with Crippen molar-refractivity contribution in [3.8, 4) is 5.19 Å². The number of fused-ring (bicyclic) bond motifs is 1. The standard InChI is InChI=1S/C19H29FN2OS/c20-15-12-16(13-15)23-19-21-17-7-10-22(11-8-18(17)24-19)9-6-14-4-2-1-3-5-14/h14-16H,1-13H2. The number of ether oxygens (including phenoxy) is 1. The molecule has 0 saturated heterocycles. The number of aromatic nitrogens is 1. The summed E-state index contributed by atoms with van der Waals surface area (Å²) in [5.41, 5.74) is 1.23. The van der Waals surface area contributed by atoms with Gasteiger partial charge in [0.15, 0.2) is 0 Å². The first-order valence-corrected chi connectivity index (χ1v) is 10.6. The Bertz CT molecular complexity index is 512. The van der Waals surface area contributed by atoms with Gasteiger partial charge in [-0.15, -0.1) is 0 Å². The summed E-state index contributed by atoms with van der Waals surface area (Å²) in [5.74, 6) is 0.969. The van der Waals surface area contributed by atoms with Crippen LogP contribution in [0.1, 0.15) is 61.9 Å². The Morgan fingerprint density at radius 3 is 2.71 bits per heavy atom. The number of thiazole rings is 1. The van der Waals surface area contributed by atoms with Gasteiger partial charge in [-0.1, -0.05) is 43.4 Å². The van der Waals surface area contributed by atoms with Crippen LogP contribution in [0.5, 0.6) is 5.19 Å². The number of hydrogen-bond acceptors (Lipinski definition) is 4. The molecule has 1 aromatic rings. The second-order valence-electron chi connectivity index (χ2n) is 7.79. The van der Waals surface area contributed by atoms with Crippen LogP contribution in [0.3, 0.4) is 0 Å². The lowest BCUT2D eigenvalue weighted by Gasteiger charge is -2.28. The van der Waals surface area contributed by atoms with Crippen molar-refractivity contribution in [1.82, 2.24) is 9.88 Å². The van der Waals surface area contributed by atoms with Crippen LogP contribution in [0, 0.1) is 5.92 Å². The Morgan fingerprint density at radius 2 is 1.92 bits per heavy atom. The summed E-state index contributed by atoms with van der Waals surface area (Å²) in [6.45, 7) is 3.53. The van der Waals surface area contributed by atoms with Crippen LogP contribution in [-0.2, 0) is 12.8 Å². The van der Waals surface area contributed by atoms with Gasteiger partial charge in [0.25, 0.3) is 5.19 Å². The molecule has 3 nitrogen and oxygen atoms in total. The zero-order valence-corrected chi connectivity index (χ0v) is 15.3. The van der Waals surface area contributed by atoms with E-state index in [-0.39, 0.29) is 6.10 Å². The Kier molecular flexibility index (Phi) is 5.37. The molecular formula is C19H29FN2OS. The molecule has 0 atom stereocenters. The van der Waals surface area contributed by atoms with Gasteiger partial charge < -0.3 is 9.64 Å². The molecule has 4 rings (SSSR count). The van der Waals surface area contributed by atoms with Crippen molar-refractivity contribution in [2.75, 3.05) is 19.6 Å². The maximum Gasteiger partial charge on any atom is 0.273 e. The average Bonchev–Trinajstić information content (AvgIpc) is 2.86. The third-order valence-electron chi connectivity index (χ3n) is 5.96. The third-order valence-corrected chi connectivity index (χ3v) is 7.01. The highest BCUT2D eigenvalue weighted by Crippen LogP contribution is 2.33. The first-order chi connectivity index (χ1) is 11.8. The van der Waals surface area contributed by atoms with Crippen LogP contribution in [-0.4, -0.2) is 41.8 Å². The molecule has 1 aromatic heterocycles. The molecule has 0 unspecified atom stereocenters. The highest BCUT2D eigenvalue weighted by atomic mass is 32.1. The zero-order valence-electron chi connectivity index (χ0n) is 14.5. The summed E-state index contributed by atoms with van der Waals surface area (Å²) in [7, 11) is 0. The number of nitrogens with zero attached hydrogens (tertiary/aromatic N) is 2. The predicted molar refractivity (Wildman–Crippen MR) is 95.7 cm³/mol. The van der Waals surface area contributed by atoms with Crippen molar-refractivity contribution in [1.29, 1.82) is 0 Å². The highest BCUT2D eigenvalue weighted by molar-refractivity contribution is 7.13. The molecule has 134 valence electrons. The number of alkyl halides is 1. The zero-order chi connectivity index (χ0) is 16.4. The van der Waals surface area contributed by atoms with Crippen LogP contribution < -0.4 is 4.74 Å². The van der Waals surface area contributed by atoms with Crippen LogP contribution in [0.4, 0.5) is 4.39 Å². The maximum absolute atomic E-state index is 12.9. The third kappa shape index (κ3) is 4.10. The van der Waals surface area contributed by atoms with Crippen LogP contribution in [0.25, 0.3) is 0 Å². The molecule has 2 fully saturated rings. The van der Waals surface area contributed by atoms with E-state index >= 15 is 0 Å². The molecule has 2 saturated carbocycles. The quantitative estimate of drug-likeness (QED) is 0.786. The van der Waals surface area contributed by atoms with E-state index in [1.165, 1.54) is 55.6 Å². The Labute approximate surface area is 148 Å². The van der Waals surface area contributed by atoms with Crippen LogP contribution >= 0.6 is 11.3 Å². The van der Waals surface area contributed by atoms with Gasteiger partial charge in [-0.05, 0) is 25.3 Å². The second-order valence-corrected chi connectivity index (χ2v) is 8.84. The Morgan fingerprint density at radius 1 is 1.12 bits per heavy atom. The molecule has 0 aromatic carbocycles. The molecule has 3 aliphatic rings. The maximum atomic E-state index is 12.9. The molecule has 5 heteroatoms. The summed E-state index contributed by atoms with van der Waals surface area (Å²) in [5, 5.41) is 0.771. The fraction of sp³-hybridized carbons (Fsp3) is 0.842. The van der Waals surface area contributed by atoms with E-state index in [1.54, 1.807) is 11.3 Å². The molecule has 2 heterocycles. The molecule has 2 aliphatic carbocycles. The second kappa shape index (κ2) is 7.69. The van der Waals surface area contributed by atoms with Crippen molar-refractivity contribution < 1.29 is 9.13 Å². The van der Waals surface area contributed by atoms with Crippen molar-refractivity contribution >= 4 is 11.3 Å². The number of hydrogen-bond donors (Lipinski definition) is 0. The van der Waals surface area contributed by atoms with Crippen LogP contribution in [0.15, 0.2) is 0 Å². The first-order valence-electron chi connectivity index (χ1n) is 9.78. The monoisotopic (exact) mass is 352 g/mol. The topological polar surface area (TPSA) is 25.4 Å². The Hall–Kier alpha value is -0.680. The van der Waals surface area contributed by atoms with Crippen molar-refractivity contribution in [2.45, 2.75) is 76.5 Å². The van der Waals surface area contributed by atoms with Gasteiger partial charge in [0, 0.05) is 37.2 Å². The largest absolute Gasteiger partial charge is 0.466 e. The van der Waals surface area contributed by atoms with E-state index in [9.17, 15) is 4.39 Å². The number of halogens is 1. The molecule has 0 N–H and O–H groups in total. The minimum absolute atomic E-state index is 0.0572. The molecule has 24 heavy (non-hydrogen) atoms. The van der Waals surface area contributed by atoms with Crippen molar-refractivity contribution in [3.63, 3.8) is 0 Å². The highest BCUT2D eigenvalue weighted by Gasteiger charge is 2.32. The molecule has 0 amide bonds. The Balaban J connectivity index is 1.25.